The number of methoxy groups -OCH3 is 1. The average molecular weight is 376 g/mol. The van der Waals surface area contributed by atoms with E-state index in [1.54, 1.807) is 17.8 Å². The third kappa shape index (κ3) is 4.08. The van der Waals surface area contributed by atoms with E-state index in [0.717, 1.165) is 11.6 Å². The molecule has 6 nitrogen and oxygen atoms in total. The predicted molar refractivity (Wildman–Crippen MR) is 106 cm³/mol. The fourth-order valence-electron chi connectivity index (χ4n) is 2.53. The SMILES string of the molecule is COc1c(N)cc2ncnc(Nc3ccc(F)cc3O)c2c1C.CSC. The molecule has 3 aromatic rings. The Balaban J connectivity index is 0.000000758. The number of nitrogens with zero attached hydrogens (tertiary/aromatic N) is 2. The summed E-state index contributed by atoms with van der Waals surface area (Å²) in [6, 6.07) is 5.40. The molecule has 0 aliphatic rings. The van der Waals surface area contributed by atoms with Crippen molar-refractivity contribution in [2.24, 2.45) is 0 Å². The molecular formula is C18H21FN4O2S. The van der Waals surface area contributed by atoms with Gasteiger partial charge >= 0.3 is 0 Å². The first-order valence-electron chi connectivity index (χ1n) is 7.66. The lowest BCUT2D eigenvalue weighted by Gasteiger charge is -2.15. The van der Waals surface area contributed by atoms with Crippen LogP contribution in [0.4, 0.5) is 21.6 Å². The number of nitrogens with two attached hydrogens (primary N) is 1. The molecule has 138 valence electrons. The van der Waals surface area contributed by atoms with Crippen LogP contribution in [0.1, 0.15) is 5.56 Å². The summed E-state index contributed by atoms with van der Waals surface area (Å²) >= 11 is 1.75. The van der Waals surface area contributed by atoms with Crippen molar-refractivity contribution in [3.63, 3.8) is 0 Å². The van der Waals surface area contributed by atoms with Crippen LogP contribution < -0.4 is 15.8 Å². The van der Waals surface area contributed by atoms with Gasteiger partial charge in [0.25, 0.3) is 0 Å². The van der Waals surface area contributed by atoms with E-state index in [1.807, 2.05) is 19.4 Å². The van der Waals surface area contributed by atoms with Crippen LogP contribution in [-0.2, 0) is 0 Å². The number of nitrogen functional groups attached to an aromatic ring is 1. The van der Waals surface area contributed by atoms with Gasteiger partial charge in [-0.2, -0.15) is 11.8 Å². The minimum Gasteiger partial charge on any atom is -0.506 e. The van der Waals surface area contributed by atoms with Crippen molar-refractivity contribution < 1.29 is 14.2 Å². The summed E-state index contributed by atoms with van der Waals surface area (Å²) in [5, 5.41) is 13.5. The molecule has 0 spiro atoms. The second kappa shape index (κ2) is 8.57. The molecule has 0 saturated carbocycles. The molecule has 0 aliphatic carbocycles. The zero-order valence-electron chi connectivity index (χ0n) is 15.0. The molecular weight excluding hydrogens is 355 g/mol. The number of hydrogen-bond donors (Lipinski definition) is 3. The lowest BCUT2D eigenvalue weighted by molar-refractivity contribution is 0.414. The van der Waals surface area contributed by atoms with Crippen LogP contribution in [0.2, 0.25) is 0 Å². The summed E-state index contributed by atoms with van der Waals surface area (Å²) in [5.74, 6) is 0.273. The van der Waals surface area contributed by atoms with Gasteiger partial charge in [-0.15, -0.1) is 0 Å². The van der Waals surface area contributed by atoms with Crippen molar-refractivity contribution in [1.29, 1.82) is 0 Å². The maximum atomic E-state index is 13.1. The number of phenols is 1. The van der Waals surface area contributed by atoms with Gasteiger partial charge in [0, 0.05) is 17.0 Å². The number of aromatic nitrogens is 2. The Hall–Kier alpha value is -2.74. The van der Waals surface area contributed by atoms with E-state index in [-0.39, 0.29) is 5.75 Å². The molecule has 0 fully saturated rings. The van der Waals surface area contributed by atoms with Crippen LogP contribution in [0.5, 0.6) is 11.5 Å². The zero-order chi connectivity index (χ0) is 19.3. The number of aromatic hydroxyl groups is 1. The minimum atomic E-state index is -0.522. The molecule has 4 N–H and O–H groups in total. The summed E-state index contributed by atoms with van der Waals surface area (Å²) in [5.41, 5.74) is 8.18. The Bertz CT molecular complexity index is 921. The number of aryl methyl sites for hydroxylation is 1. The number of fused-ring (bicyclic) bond motifs is 1. The molecule has 3 rings (SSSR count). The smallest absolute Gasteiger partial charge is 0.145 e. The summed E-state index contributed by atoms with van der Waals surface area (Å²) < 4.78 is 18.4. The van der Waals surface area contributed by atoms with Gasteiger partial charge in [-0.1, -0.05) is 0 Å². The van der Waals surface area contributed by atoms with Gasteiger partial charge in [-0.05, 0) is 37.6 Å². The highest BCUT2D eigenvalue weighted by Crippen LogP contribution is 2.37. The Kier molecular flexibility index (Phi) is 6.46. The van der Waals surface area contributed by atoms with E-state index in [1.165, 1.54) is 25.6 Å². The predicted octanol–water partition coefficient (Wildman–Crippen LogP) is 4.10. The first-order valence-corrected chi connectivity index (χ1v) is 9.29. The third-order valence-electron chi connectivity index (χ3n) is 3.56. The van der Waals surface area contributed by atoms with E-state index < -0.39 is 5.82 Å². The van der Waals surface area contributed by atoms with Crippen LogP contribution in [0, 0.1) is 12.7 Å². The Morgan fingerprint density at radius 1 is 1.23 bits per heavy atom. The van der Waals surface area contributed by atoms with Gasteiger partial charge in [-0.25, -0.2) is 14.4 Å². The standard InChI is InChI=1S/C16H15FN4O2.C2H6S/c1-8-14-12(6-10(18)15(8)23-2)19-7-20-16(14)21-11-4-3-9(17)5-13(11)22;1-3-2/h3-7,22H,18H2,1-2H3,(H,19,20,21);1-2H3. The lowest BCUT2D eigenvalue weighted by atomic mass is 10.1. The zero-order valence-corrected chi connectivity index (χ0v) is 15.8. The molecule has 0 saturated heterocycles. The van der Waals surface area contributed by atoms with Crippen molar-refractivity contribution in [2.45, 2.75) is 6.92 Å². The largest absolute Gasteiger partial charge is 0.506 e. The summed E-state index contributed by atoms with van der Waals surface area (Å²) in [4.78, 5) is 8.42. The Morgan fingerprint density at radius 3 is 2.54 bits per heavy atom. The van der Waals surface area contributed by atoms with Crippen LogP contribution >= 0.6 is 11.8 Å². The third-order valence-corrected chi connectivity index (χ3v) is 3.56. The molecule has 0 radical (unpaired) electrons. The number of anilines is 3. The fourth-order valence-corrected chi connectivity index (χ4v) is 2.53. The number of hydrogen-bond acceptors (Lipinski definition) is 7. The highest BCUT2D eigenvalue weighted by atomic mass is 32.2. The molecule has 8 heteroatoms. The molecule has 0 atom stereocenters. The van der Waals surface area contributed by atoms with Crippen molar-refractivity contribution in [3.8, 4) is 11.5 Å². The number of halogens is 1. The topological polar surface area (TPSA) is 93.3 Å². The molecule has 1 heterocycles. The highest BCUT2D eigenvalue weighted by Gasteiger charge is 2.15. The van der Waals surface area contributed by atoms with Crippen LogP contribution in [0.3, 0.4) is 0 Å². The maximum Gasteiger partial charge on any atom is 0.145 e. The van der Waals surface area contributed by atoms with Gasteiger partial charge in [-0.3, -0.25) is 0 Å². The van der Waals surface area contributed by atoms with Crippen molar-refractivity contribution in [2.75, 3.05) is 30.7 Å². The molecule has 0 aliphatic heterocycles. The van der Waals surface area contributed by atoms with Gasteiger partial charge in [0.15, 0.2) is 0 Å². The van der Waals surface area contributed by atoms with E-state index in [4.69, 9.17) is 10.5 Å². The normalized spacial score (nSPS) is 10.2. The monoisotopic (exact) mass is 376 g/mol. The molecule has 2 aromatic carbocycles. The lowest BCUT2D eigenvalue weighted by Crippen LogP contribution is -2.01. The summed E-state index contributed by atoms with van der Waals surface area (Å²) in [6.07, 6.45) is 5.47. The van der Waals surface area contributed by atoms with Gasteiger partial charge in [0.1, 0.15) is 29.5 Å². The van der Waals surface area contributed by atoms with Gasteiger partial charge in [0.2, 0.25) is 0 Å². The second-order valence-corrected chi connectivity index (χ2v) is 6.25. The Labute approximate surface area is 155 Å². The number of benzene rings is 2. The summed E-state index contributed by atoms with van der Waals surface area (Å²) in [6.45, 7) is 1.84. The summed E-state index contributed by atoms with van der Waals surface area (Å²) in [7, 11) is 1.53. The van der Waals surface area contributed by atoms with Crippen molar-refractivity contribution >= 4 is 39.9 Å². The van der Waals surface area contributed by atoms with Crippen LogP contribution in [-0.4, -0.2) is 34.7 Å². The number of phenolic OH excluding ortho intramolecular Hbond substituents is 1. The van der Waals surface area contributed by atoms with Gasteiger partial charge in [0.05, 0.1) is 24.0 Å². The maximum absolute atomic E-state index is 13.1. The second-order valence-electron chi connectivity index (χ2n) is 5.44. The van der Waals surface area contributed by atoms with Crippen molar-refractivity contribution in [3.05, 3.63) is 42.0 Å². The number of nitrogens with one attached hydrogen (secondary N) is 1. The van der Waals surface area contributed by atoms with Crippen LogP contribution in [0.15, 0.2) is 30.6 Å². The minimum absolute atomic E-state index is 0.211. The van der Waals surface area contributed by atoms with Crippen LogP contribution in [0.25, 0.3) is 10.9 Å². The highest BCUT2D eigenvalue weighted by molar-refractivity contribution is 7.97. The number of rotatable bonds is 3. The van der Waals surface area contributed by atoms with E-state index in [0.29, 0.717) is 33.8 Å². The quantitative estimate of drug-likeness (QED) is 0.468. The number of ether oxygens (including phenoxy) is 1. The molecule has 0 amide bonds. The Morgan fingerprint density at radius 2 is 1.92 bits per heavy atom. The molecule has 1 aromatic heterocycles. The molecule has 0 unspecified atom stereocenters. The molecule has 0 bridgehead atoms. The van der Waals surface area contributed by atoms with E-state index in [9.17, 15) is 9.50 Å². The number of thioether (sulfide) groups is 1. The first-order chi connectivity index (χ1) is 12.4. The molecule has 26 heavy (non-hydrogen) atoms. The average Bonchev–Trinajstić information content (AvgIpc) is 2.58. The fraction of sp³-hybridized carbons (Fsp3) is 0.222. The van der Waals surface area contributed by atoms with Crippen molar-refractivity contribution in [1.82, 2.24) is 9.97 Å². The first kappa shape index (κ1) is 19.6. The van der Waals surface area contributed by atoms with E-state index >= 15 is 0 Å². The van der Waals surface area contributed by atoms with E-state index in [2.05, 4.69) is 15.3 Å². The van der Waals surface area contributed by atoms with Gasteiger partial charge < -0.3 is 20.9 Å².